The van der Waals surface area contributed by atoms with Crippen molar-refractivity contribution < 1.29 is 0 Å². The molecular weight excluding hydrogens is 841 g/mol. The zero-order valence-electron chi connectivity index (χ0n) is 37.3. The Morgan fingerprint density at radius 3 is 1.51 bits per heavy atom. The zero-order valence-corrected chi connectivity index (χ0v) is 37.3. The highest BCUT2D eigenvalue weighted by Gasteiger charge is 2.47. The standard InChI is InChI=1S/C63H40N6/c1-5-20-42(21-6-1)59-65-60(43-22-7-2-8-23-43)67-61(66-59)44-33-36-49-50-37-35-47(40-54(50)63(53(49)39-44,45-24-9-3-10-25-45)46-26-11-4-12-27-46)68-55-31-17-15-29-51(55)52-30-16-18-32-56(52)69-57-38-34-41-19-13-14-28-48(41)58(57)64-62(68)69/h1-40H. The second kappa shape index (κ2) is 15.4. The maximum atomic E-state index is 5.66. The highest BCUT2D eigenvalue weighted by atomic mass is 15.3. The summed E-state index contributed by atoms with van der Waals surface area (Å²) in [7, 11) is 0. The Bertz CT molecular complexity index is 3860. The third-order valence-electron chi connectivity index (χ3n) is 14.1. The molecule has 0 atom stereocenters. The van der Waals surface area contributed by atoms with Gasteiger partial charge in [-0.2, -0.15) is 0 Å². The molecule has 0 unspecified atom stereocenters. The Hall–Kier alpha value is -9.26. The van der Waals surface area contributed by atoms with Gasteiger partial charge >= 0.3 is 0 Å². The summed E-state index contributed by atoms with van der Waals surface area (Å²) in [6.45, 7) is 0. The SMILES string of the molecule is c1ccc(-c2nc(-c3ccccc3)nc(-c3ccc4c(c3)C(c3ccccc3)(c3ccccc3)c3cc(N5c6ccccc6-c6ccccc6-n6c5nc5c7ccccc7ccc56)ccc3-4)n2)cc1. The number of imidazole rings is 1. The average molecular weight is 881 g/mol. The van der Waals surface area contributed by atoms with E-state index in [0.717, 1.165) is 83.8 Å². The molecule has 6 nitrogen and oxygen atoms in total. The van der Waals surface area contributed by atoms with Crippen LogP contribution >= 0.6 is 0 Å². The van der Waals surface area contributed by atoms with Crippen LogP contribution in [-0.2, 0) is 5.41 Å². The molecule has 1 aliphatic heterocycles. The van der Waals surface area contributed by atoms with Crippen LogP contribution in [-0.4, -0.2) is 24.5 Å². The van der Waals surface area contributed by atoms with E-state index in [4.69, 9.17) is 19.9 Å². The number of hydrogen-bond acceptors (Lipinski definition) is 5. The molecule has 14 rings (SSSR count). The molecule has 0 saturated heterocycles. The molecule has 2 aliphatic rings. The number of aromatic nitrogens is 5. The summed E-state index contributed by atoms with van der Waals surface area (Å²) >= 11 is 0. The van der Waals surface area contributed by atoms with Crippen LogP contribution < -0.4 is 4.90 Å². The third kappa shape index (κ3) is 5.92. The minimum atomic E-state index is -0.735. The largest absolute Gasteiger partial charge is 0.280 e. The summed E-state index contributed by atoms with van der Waals surface area (Å²) in [6, 6.07) is 86.6. The first-order chi connectivity index (χ1) is 34.2. The van der Waals surface area contributed by atoms with Crippen LogP contribution in [0, 0.1) is 0 Å². The van der Waals surface area contributed by atoms with E-state index in [9.17, 15) is 0 Å². The first-order valence-electron chi connectivity index (χ1n) is 23.4. The van der Waals surface area contributed by atoms with E-state index in [1.165, 1.54) is 22.3 Å². The molecule has 3 heterocycles. The maximum Gasteiger partial charge on any atom is 0.220 e. The first-order valence-corrected chi connectivity index (χ1v) is 23.4. The van der Waals surface area contributed by atoms with Gasteiger partial charge in [0, 0.05) is 38.9 Å². The predicted molar refractivity (Wildman–Crippen MR) is 279 cm³/mol. The van der Waals surface area contributed by atoms with Crippen molar-refractivity contribution in [3.63, 3.8) is 0 Å². The molecule has 322 valence electrons. The van der Waals surface area contributed by atoms with Gasteiger partial charge in [0.2, 0.25) is 5.95 Å². The van der Waals surface area contributed by atoms with Gasteiger partial charge in [0.05, 0.1) is 27.8 Å². The lowest BCUT2D eigenvalue weighted by Gasteiger charge is -2.35. The Morgan fingerprint density at radius 1 is 0.348 bits per heavy atom. The fourth-order valence-corrected chi connectivity index (χ4v) is 11.0. The minimum absolute atomic E-state index is 0.615. The number of fused-ring (bicyclic) bond motifs is 12. The molecule has 0 amide bonds. The molecule has 12 aromatic rings. The van der Waals surface area contributed by atoms with Gasteiger partial charge in [-0.1, -0.05) is 206 Å². The predicted octanol–water partition coefficient (Wildman–Crippen LogP) is 15.2. The molecule has 1 aliphatic carbocycles. The van der Waals surface area contributed by atoms with Gasteiger partial charge in [0.15, 0.2) is 17.5 Å². The van der Waals surface area contributed by atoms with Crippen LogP contribution in [0.4, 0.5) is 17.3 Å². The van der Waals surface area contributed by atoms with Crippen LogP contribution in [0.25, 0.3) is 83.9 Å². The molecule has 6 heteroatoms. The van der Waals surface area contributed by atoms with Gasteiger partial charge < -0.3 is 0 Å². The summed E-state index contributed by atoms with van der Waals surface area (Å²) in [5.41, 5.74) is 16.5. The van der Waals surface area contributed by atoms with Crippen LogP contribution in [0.3, 0.4) is 0 Å². The monoisotopic (exact) mass is 880 g/mol. The fraction of sp³-hybridized carbons (Fsp3) is 0.0159. The van der Waals surface area contributed by atoms with Gasteiger partial charge in [-0.3, -0.25) is 9.47 Å². The normalized spacial score (nSPS) is 13.0. The van der Waals surface area contributed by atoms with Gasteiger partial charge in [-0.15, -0.1) is 0 Å². The summed E-state index contributed by atoms with van der Waals surface area (Å²) in [5.74, 6) is 2.71. The summed E-state index contributed by atoms with van der Waals surface area (Å²) in [5, 5.41) is 2.28. The molecular formula is C63H40N6. The molecule has 0 radical (unpaired) electrons. The molecule has 2 aromatic heterocycles. The zero-order chi connectivity index (χ0) is 45.5. The number of nitrogens with zero attached hydrogens (tertiary/aromatic N) is 6. The average Bonchev–Trinajstić information content (AvgIpc) is 3.92. The van der Waals surface area contributed by atoms with E-state index in [1.54, 1.807) is 0 Å². The van der Waals surface area contributed by atoms with Crippen LogP contribution in [0.15, 0.2) is 243 Å². The summed E-state index contributed by atoms with van der Waals surface area (Å²) < 4.78 is 2.36. The van der Waals surface area contributed by atoms with E-state index in [2.05, 4.69) is 216 Å². The van der Waals surface area contributed by atoms with Gasteiger partial charge in [-0.05, 0) is 75.2 Å². The summed E-state index contributed by atoms with van der Waals surface area (Å²) in [4.78, 5) is 23.5. The first kappa shape index (κ1) is 39.0. The highest BCUT2D eigenvalue weighted by molar-refractivity contribution is 6.08. The minimum Gasteiger partial charge on any atom is -0.280 e. The number of hydrogen-bond donors (Lipinski definition) is 0. The van der Waals surface area contributed by atoms with Crippen LogP contribution in [0.1, 0.15) is 22.3 Å². The number of anilines is 3. The number of rotatable bonds is 6. The van der Waals surface area contributed by atoms with Crippen molar-refractivity contribution in [2.24, 2.45) is 0 Å². The van der Waals surface area contributed by atoms with Gasteiger partial charge in [0.25, 0.3) is 0 Å². The van der Waals surface area contributed by atoms with Crippen LogP contribution in [0.5, 0.6) is 0 Å². The molecule has 69 heavy (non-hydrogen) atoms. The molecule has 0 saturated carbocycles. The lowest BCUT2D eigenvalue weighted by Crippen LogP contribution is -2.29. The van der Waals surface area contributed by atoms with Gasteiger partial charge in [-0.25, -0.2) is 19.9 Å². The Morgan fingerprint density at radius 2 is 0.855 bits per heavy atom. The maximum absolute atomic E-state index is 5.66. The third-order valence-corrected chi connectivity index (χ3v) is 14.1. The second-order valence-electron chi connectivity index (χ2n) is 17.8. The smallest absolute Gasteiger partial charge is 0.220 e. The summed E-state index contributed by atoms with van der Waals surface area (Å²) in [6.07, 6.45) is 0. The molecule has 0 fully saturated rings. The van der Waals surface area contributed by atoms with E-state index in [-0.39, 0.29) is 0 Å². The quantitative estimate of drug-likeness (QED) is 0.166. The van der Waals surface area contributed by atoms with Crippen molar-refractivity contribution in [3.05, 3.63) is 265 Å². The van der Waals surface area contributed by atoms with E-state index in [1.807, 2.05) is 36.4 Å². The van der Waals surface area contributed by atoms with Crippen molar-refractivity contribution in [1.82, 2.24) is 24.5 Å². The second-order valence-corrected chi connectivity index (χ2v) is 17.8. The Balaban J connectivity index is 1.04. The topological polar surface area (TPSA) is 59.7 Å². The lowest BCUT2D eigenvalue weighted by atomic mass is 9.67. The number of para-hydroxylation sites is 2. The van der Waals surface area contributed by atoms with Crippen molar-refractivity contribution >= 4 is 39.1 Å². The molecule has 0 N–H and O–H groups in total. The van der Waals surface area contributed by atoms with E-state index in [0.29, 0.717) is 17.5 Å². The van der Waals surface area contributed by atoms with Crippen molar-refractivity contribution in [2.75, 3.05) is 4.90 Å². The fourth-order valence-electron chi connectivity index (χ4n) is 11.0. The Kier molecular flexibility index (Phi) is 8.70. The van der Waals surface area contributed by atoms with Crippen molar-refractivity contribution in [3.8, 4) is 62.1 Å². The lowest BCUT2D eigenvalue weighted by molar-refractivity contribution is 0.768. The van der Waals surface area contributed by atoms with Crippen molar-refractivity contribution in [1.29, 1.82) is 0 Å². The van der Waals surface area contributed by atoms with Crippen LogP contribution in [0.2, 0.25) is 0 Å². The highest BCUT2D eigenvalue weighted by Crippen LogP contribution is 2.58. The Labute approximate surface area is 399 Å². The van der Waals surface area contributed by atoms with Gasteiger partial charge in [0.1, 0.15) is 0 Å². The molecule has 0 bridgehead atoms. The molecule has 0 spiro atoms. The molecule has 10 aromatic carbocycles. The van der Waals surface area contributed by atoms with E-state index >= 15 is 0 Å². The van der Waals surface area contributed by atoms with E-state index < -0.39 is 5.41 Å². The van der Waals surface area contributed by atoms with Crippen molar-refractivity contribution in [2.45, 2.75) is 5.41 Å². The number of benzene rings is 10.